The normalized spacial score (nSPS) is 19.5. The molecule has 2 aromatic rings. The molecule has 0 radical (unpaired) electrons. The Kier molecular flexibility index (Phi) is 4.14. The van der Waals surface area contributed by atoms with Crippen LogP contribution in [-0.4, -0.2) is 17.6 Å². The van der Waals surface area contributed by atoms with Crippen molar-refractivity contribution in [1.82, 2.24) is 0 Å². The molecule has 5 heteroatoms. The molecule has 136 valence electrons. The van der Waals surface area contributed by atoms with Gasteiger partial charge in [0.1, 0.15) is 5.60 Å². The number of alkyl halides is 1. The van der Waals surface area contributed by atoms with E-state index in [0.29, 0.717) is 0 Å². The van der Waals surface area contributed by atoms with Crippen molar-refractivity contribution in [3.8, 4) is 0 Å². The monoisotopic (exact) mass is 355 g/mol. The number of hydrogen-bond acceptors (Lipinski definition) is 3. The Hall–Kier alpha value is -2.69. The van der Waals surface area contributed by atoms with Crippen LogP contribution >= 0.6 is 0 Å². The molecule has 2 aromatic carbocycles. The first-order valence-corrected chi connectivity index (χ1v) is 8.49. The van der Waals surface area contributed by atoms with Crippen molar-refractivity contribution in [1.29, 1.82) is 0 Å². The highest BCUT2D eigenvalue weighted by atomic mass is 19.1. The molecule has 0 saturated heterocycles. The van der Waals surface area contributed by atoms with Gasteiger partial charge < -0.3 is 4.74 Å². The Labute approximate surface area is 152 Å². The number of fused-ring (bicyclic) bond motifs is 1. The summed E-state index contributed by atoms with van der Waals surface area (Å²) in [6, 6.07) is 11.6. The van der Waals surface area contributed by atoms with Crippen LogP contribution in [0.5, 0.6) is 0 Å². The number of nitrogens with zero attached hydrogens (tertiary/aromatic N) is 1. The Balaban J connectivity index is 2.16. The second-order valence-electron chi connectivity index (χ2n) is 7.67. The first-order valence-electron chi connectivity index (χ1n) is 8.49. The summed E-state index contributed by atoms with van der Waals surface area (Å²) in [7, 11) is 0. The number of benzene rings is 2. The van der Waals surface area contributed by atoms with Gasteiger partial charge in [-0.3, -0.25) is 4.79 Å². The number of amides is 2. The SMILES string of the molecule is Cc1ccc(C2(F)C(=O)N(C(=O)OC(C)(C)C)c3ccc(C)cc32)cc1. The zero-order chi connectivity index (χ0) is 19.3. The molecule has 0 spiro atoms. The van der Waals surface area contributed by atoms with Crippen molar-refractivity contribution >= 4 is 17.7 Å². The van der Waals surface area contributed by atoms with Crippen LogP contribution in [0.1, 0.15) is 43.0 Å². The van der Waals surface area contributed by atoms with Crippen LogP contribution in [0.15, 0.2) is 42.5 Å². The Morgan fingerprint density at radius 2 is 1.62 bits per heavy atom. The van der Waals surface area contributed by atoms with Crippen molar-refractivity contribution in [2.75, 3.05) is 4.90 Å². The van der Waals surface area contributed by atoms with Gasteiger partial charge in [0.15, 0.2) is 0 Å². The summed E-state index contributed by atoms with van der Waals surface area (Å²) in [4.78, 5) is 26.5. The number of ether oxygens (including phenoxy) is 1. The van der Waals surface area contributed by atoms with Gasteiger partial charge in [-0.2, -0.15) is 0 Å². The summed E-state index contributed by atoms with van der Waals surface area (Å²) in [5, 5.41) is 0. The molecule has 0 N–H and O–H groups in total. The van der Waals surface area contributed by atoms with E-state index in [-0.39, 0.29) is 16.8 Å². The lowest BCUT2D eigenvalue weighted by atomic mass is 9.88. The topological polar surface area (TPSA) is 46.6 Å². The quantitative estimate of drug-likeness (QED) is 0.738. The molecule has 26 heavy (non-hydrogen) atoms. The molecule has 3 rings (SSSR count). The molecule has 1 unspecified atom stereocenters. The molecule has 0 fully saturated rings. The van der Waals surface area contributed by atoms with Gasteiger partial charge in [-0.05, 0) is 46.8 Å². The van der Waals surface area contributed by atoms with Gasteiger partial charge in [0.2, 0.25) is 5.67 Å². The molecule has 1 aliphatic heterocycles. The van der Waals surface area contributed by atoms with Crippen molar-refractivity contribution in [3.63, 3.8) is 0 Å². The number of hydrogen-bond donors (Lipinski definition) is 0. The van der Waals surface area contributed by atoms with Gasteiger partial charge in [0.05, 0.1) is 5.69 Å². The number of rotatable bonds is 1. The number of halogens is 1. The lowest BCUT2D eigenvalue weighted by molar-refractivity contribution is -0.126. The third-order valence-corrected chi connectivity index (χ3v) is 4.29. The summed E-state index contributed by atoms with van der Waals surface area (Å²) < 4.78 is 21.5. The van der Waals surface area contributed by atoms with Crippen LogP contribution in [0.3, 0.4) is 0 Å². The summed E-state index contributed by atoms with van der Waals surface area (Å²) in [5.74, 6) is -0.948. The van der Waals surface area contributed by atoms with E-state index in [2.05, 4.69) is 0 Å². The maximum Gasteiger partial charge on any atom is 0.421 e. The minimum Gasteiger partial charge on any atom is -0.443 e. The van der Waals surface area contributed by atoms with Gasteiger partial charge in [0.25, 0.3) is 5.91 Å². The first kappa shape index (κ1) is 18.1. The predicted molar refractivity (Wildman–Crippen MR) is 98.0 cm³/mol. The molecule has 1 heterocycles. The van der Waals surface area contributed by atoms with Gasteiger partial charge in [-0.1, -0.05) is 41.5 Å². The van der Waals surface area contributed by atoms with Crippen LogP contribution < -0.4 is 4.90 Å². The van der Waals surface area contributed by atoms with Crippen molar-refractivity contribution in [2.45, 2.75) is 45.9 Å². The third-order valence-electron chi connectivity index (χ3n) is 4.29. The molecular weight excluding hydrogens is 333 g/mol. The van der Waals surface area contributed by atoms with Crippen molar-refractivity contribution in [3.05, 3.63) is 64.7 Å². The fourth-order valence-electron chi connectivity index (χ4n) is 3.05. The molecule has 0 bridgehead atoms. The molecule has 0 aliphatic carbocycles. The van der Waals surface area contributed by atoms with Crippen LogP contribution in [0.25, 0.3) is 0 Å². The smallest absolute Gasteiger partial charge is 0.421 e. The van der Waals surface area contributed by atoms with Crippen LogP contribution in [0.4, 0.5) is 14.9 Å². The largest absolute Gasteiger partial charge is 0.443 e. The maximum atomic E-state index is 16.2. The van der Waals surface area contributed by atoms with E-state index in [4.69, 9.17) is 4.74 Å². The van der Waals surface area contributed by atoms with Crippen molar-refractivity contribution in [2.24, 2.45) is 0 Å². The average Bonchev–Trinajstić information content (AvgIpc) is 2.75. The number of carbonyl (C=O) groups excluding carboxylic acids is 2. The van der Waals surface area contributed by atoms with Crippen LogP contribution in [0.2, 0.25) is 0 Å². The summed E-state index contributed by atoms with van der Waals surface area (Å²) >= 11 is 0. The van der Waals surface area contributed by atoms with E-state index in [1.165, 1.54) is 0 Å². The average molecular weight is 355 g/mol. The Bertz CT molecular complexity index is 883. The molecule has 0 aromatic heterocycles. The predicted octanol–water partition coefficient (Wildman–Crippen LogP) is 4.80. The third kappa shape index (κ3) is 2.87. The van der Waals surface area contributed by atoms with Gasteiger partial charge in [-0.15, -0.1) is 0 Å². The molecular formula is C21H22FNO3. The summed E-state index contributed by atoms with van der Waals surface area (Å²) in [6.45, 7) is 8.80. The highest BCUT2D eigenvalue weighted by Gasteiger charge is 2.56. The molecule has 4 nitrogen and oxygen atoms in total. The second kappa shape index (κ2) is 5.94. The molecule has 0 saturated carbocycles. The number of imide groups is 1. The zero-order valence-electron chi connectivity index (χ0n) is 15.6. The Morgan fingerprint density at radius 3 is 2.19 bits per heavy atom. The van der Waals surface area contributed by atoms with E-state index < -0.39 is 23.3 Å². The Morgan fingerprint density at radius 1 is 1.04 bits per heavy atom. The minimum absolute atomic E-state index is 0.164. The zero-order valence-corrected chi connectivity index (χ0v) is 15.6. The fourth-order valence-corrected chi connectivity index (χ4v) is 3.05. The maximum absolute atomic E-state index is 16.2. The fraction of sp³-hybridized carbons (Fsp3) is 0.333. The van der Waals surface area contributed by atoms with E-state index in [9.17, 15) is 9.59 Å². The van der Waals surface area contributed by atoms with Crippen LogP contribution in [-0.2, 0) is 15.2 Å². The summed E-state index contributed by atoms with van der Waals surface area (Å²) in [6.07, 6.45) is -0.876. The molecule has 2 amide bonds. The lowest BCUT2D eigenvalue weighted by Gasteiger charge is -2.24. The lowest BCUT2D eigenvalue weighted by Crippen LogP contribution is -2.44. The van der Waals surface area contributed by atoms with Gasteiger partial charge in [-0.25, -0.2) is 14.1 Å². The standard InChI is InChI=1S/C21H22FNO3/c1-13-6-9-15(10-7-13)21(22)16-12-14(2)8-11-17(16)23(18(21)24)19(25)26-20(3,4)5/h6-12H,1-5H3. The first-order chi connectivity index (χ1) is 12.0. The van der Waals surface area contributed by atoms with Crippen molar-refractivity contribution < 1.29 is 18.7 Å². The highest BCUT2D eigenvalue weighted by molar-refractivity contribution is 6.21. The molecule has 1 atom stereocenters. The highest BCUT2D eigenvalue weighted by Crippen LogP contribution is 2.48. The number of aryl methyl sites for hydroxylation is 2. The number of carbonyl (C=O) groups is 2. The number of anilines is 1. The van der Waals surface area contributed by atoms with E-state index in [1.54, 1.807) is 63.2 Å². The van der Waals surface area contributed by atoms with Crippen LogP contribution in [0, 0.1) is 13.8 Å². The summed E-state index contributed by atoms with van der Waals surface area (Å²) in [5.41, 5.74) is -0.881. The van der Waals surface area contributed by atoms with E-state index in [1.807, 2.05) is 13.8 Å². The minimum atomic E-state index is -2.42. The van der Waals surface area contributed by atoms with E-state index in [0.717, 1.165) is 16.0 Å². The van der Waals surface area contributed by atoms with Gasteiger partial charge in [0, 0.05) is 11.1 Å². The molecule has 1 aliphatic rings. The van der Waals surface area contributed by atoms with E-state index >= 15 is 4.39 Å². The van der Waals surface area contributed by atoms with Gasteiger partial charge >= 0.3 is 6.09 Å². The second-order valence-corrected chi connectivity index (χ2v) is 7.67.